The molecule has 0 heterocycles. The zero-order valence-corrected chi connectivity index (χ0v) is 11.7. The molecule has 1 unspecified atom stereocenters. The van der Waals surface area contributed by atoms with Crippen molar-refractivity contribution in [3.8, 4) is 16.9 Å². The summed E-state index contributed by atoms with van der Waals surface area (Å²) >= 11 is 0. The molecule has 0 fully saturated rings. The molecule has 1 atom stereocenters. The zero-order valence-electron chi connectivity index (χ0n) is 11.7. The van der Waals surface area contributed by atoms with Gasteiger partial charge in [-0.2, -0.15) is 0 Å². The molecule has 2 aromatic rings. The Kier molecular flexibility index (Phi) is 4.77. The van der Waals surface area contributed by atoms with Crippen LogP contribution in [-0.4, -0.2) is 19.2 Å². The summed E-state index contributed by atoms with van der Waals surface area (Å²) < 4.78 is 10.5. The fourth-order valence-corrected chi connectivity index (χ4v) is 2.00. The monoisotopic (exact) mass is 270 g/mol. The van der Waals surface area contributed by atoms with E-state index >= 15 is 0 Å². The average molecular weight is 270 g/mol. The smallest absolute Gasteiger partial charge is 0.309 e. The van der Waals surface area contributed by atoms with Gasteiger partial charge < -0.3 is 9.47 Å². The Morgan fingerprint density at radius 2 is 1.70 bits per heavy atom. The number of methoxy groups -OCH3 is 1. The van der Waals surface area contributed by atoms with Gasteiger partial charge in [0.15, 0.2) is 0 Å². The maximum Gasteiger partial charge on any atom is 0.309 e. The number of para-hydroxylation sites is 1. The van der Waals surface area contributed by atoms with E-state index in [1.165, 1.54) is 7.11 Å². The fraction of sp³-hybridized carbons (Fsp3) is 0.235. The highest BCUT2D eigenvalue weighted by Gasteiger charge is 2.13. The third-order valence-corrected chi connectivity index (χ3v) is 2.98. The van der Waals surface area contributed by atoms with Crippen molar-refractivity contribution in [3.05, 3.63) is 54.6 Å². The first-order valence-electron chi connectivity index (χ1n) is 6.58. The topological polar surface area (TPSA) is 35.5 Å². The number of hydrogen-bond acceptors (Lipinski definition) is 3. The molecule has 3 heteroatoms. The summed E-state index contributed by atoms with van der Waals surface area (Å²) in [5, 5.41) is 0. The summed E-state index contributed by atoms with van der Waals surface area (Å²) in [6.07, 6.45) is 0.00640. The van der Waals surface area contributed by atoms with E-state index in [1.54, 1.807) is 0 Å². The van der Waals surface area contributed by atoms with E-state index in [2.05, 4.69) is 4.74 Å². The second kappa shape index (κ2) is 6.75. The molecular formula is C17H18O3. The standard InChI is InChI=1S/C17H18O3/c1-13(12-17(18)19-2)20-16-11-7-6-10-15(16)14-8-4-3-5-9-14/h3-11,13H,12H2,1-2H3. The summed E-state index contributed by atoms with van der Waals surface area (Å²) in [7, 11) is 1.38. The summed E-state index contributed by atoms with van der Waals surface area (Å²) in [5.74, 6) is 0.504. The minimum absolute atomic E-state index is 0.229. The van der Waals surface area contributed by atoms with E-state index in [9.17, 15) is 4.79 Å². The third kappa shape index (κ3) is 3.60. The van der Waals surface area contributed by atoms with Crippen LogP contribution in [0, 0.1) is 0 Å². The van der Waals surface area contributed by atoms with E-state index in [4.69, 9.17) is 4.74 Å². The van der Waals surface area contributed by atoms with Crippen LogP contribution in [0.25, 0.3) is 11.1 Å². The lowest BCUT2D eigenvalue weighted by atomic mass is 10.0. The Hall–Kier alpha value is -2.29. The molecule has 0 aliphatic heterocycles. The molecule has 0 aromatic heterocycles. The van der Waals surface area contributed by atoms with Crippen molar-refractivity contribution in [2.75, 3.05) is 7.11 Å². The van der Waals surface area contributed by atoms with Gasteiger partial charge in [0.05, 0.1) is 13.5 Å². The van der Waals surface area contributed by atoms with Crippen LogP contribution in [0.1, 0.15) is 13.3 Å². The molecule has 2 rings (SSSR count). The molecule has 0 spiro atoms. The first-order valence-corrected chi connectivity index (χ1v) is 6.58. The number of carbonyl (C=O) groups is 1. The van der Waals surface area contributed by atoms with Crippen molar-refractivity contribution in [1.29, 1.82) is 0 Å². The van der Waals surface area contributed by atoms with E-state index < -0.39 is 0 Å². The summed E-state index contributed by atoms with van der Waals surface area (Å²) in [4.78, 5) is 11.3. The Bertz CT molecular complexity index is 563. The van der Waals surface area contributed by atoms with Crippen molar-refractivity contribution in [2.45, 2.75) is 19.4 Å². The summed E-state index contributed by atoms with van der Waals surface area (Å²) in [5.41, 5.74) is 2.11. The quantitative estimate of drug-likeness (QED) is 0.777. The largest absolute Gasteiger partial charge is 0.489 e. The molecule has 0 saturated heterocycles. The molecule has 3 nitrogen and oxygen atoms in total. The maximum absolute atomic E-state index is 11.3. The van der Waals surface area contributed by atoms with Gasteiger partial charge in [-0.05, 0) is 18.6 Å². The Labute approximate surface area is 119 Å². The van der Waals surface area contributed by atoms with Crippen molar-refractivity contribution in [1.82, 2.24) is 0 Å². The van der Waals surface area contributed by atoms with Gasteiger partial charge in [-0.15, -0.1) is 0 Å². The molecule has 2 aromatic carbocycles. The van der Waals surface area contributed by atoms with Crippen LogP contribution in [0.2, 0.25) is 0 Å². The first kappa shape index (κ1) is 14.1. The van der Waals surface area contributed by atoms with E-state index in [0.29, 0.717) is 0 Å². The van der Waals surface area contributed by atoms with Gasteiger partial charge in [-0.25, -0.2) is 0 Å². The Balaban J connectivity index is 2.19. The number of esters is 1. The number of benzene rings is 2. The van der Waals surface area contributed by atoms with Crippen LogP contribution in [0.3, 0.4) is 0 Å². The summed E-state index contributed by atoms with van der Waals surface area (Å²) in [6, 6.07) is 17.8. The second-order valence-corrected chi connectivity index (χ2v) is 4.57. The van der Waals surface area contributed by atoms with E-state index in [0.717, 1.165) is 16.9 Å². The molecular weight excluding hydrogens is 252 g/mol. The molecule has 0 radical (unpaired) electrons. The molecule has 0 saturated carbocycles. The predicted octanol–water partition coefficient (Wildman–Crippen LogP) is 3.68. The molecule has 20 heavy (non-hydrogen) atoms. The molecule has 0 aliphatic carbocycles. The van der Waals surface area contributed by atoms with Gasteiger partial charge in [0, 0.05) is 5.56 Å². The SMILES string of the molecule is COC(=O)CC(C)Oc1ccccc1-c1ccccc1. The van der Waals surface area contributed by atoms with Gasteiger partial charge >= 0.3 is 5.97 Å². The van der Waals surface area contributed by atoms with Gasteiger partial charge in [0.25, 0.3) is 0 Å². The zero-order chi connectivity index (χ0) is 14.4. The predicted molar refractivity (Wildman–Crippen MR) is 78.6 cm³/mol. The Morgan fingerprint density at radius 3 is 2.40 bits per heavy atom. The lowest BCUT2D eigenvalue weighted by Crippen LogP contribution is -2.18. The highest BCUT2D eigenvalue weighted by molar-refractivity contribution is 5.71. The molecule has 0 amide bonds. The van der Waals surface area contributed by atoms with Crippen molar-refractivity contribution in [3.63, 3.8) is 0 Å². The number of hydrogen-bond donors (Lipinski definition) is 0. The number of carbonyl (C=O) groups excluding carboxylic acids is 1. The third-order valence-electron chi connectivity index (χ3n) is 2.98. The molecule has 0 N–H and O–H groups in total. The van der Waals surface area contributed by atoms with Crippen LogP contribution in [0.5, 0.6) is 5.75 Å². The van der Waals surface area contributed by atoms with Crippen molar-refractivity contribution < 1.29 is 14.3 Å². The first-order chi connectivity index (χ1) is 9.70. The Morgan fingerprint density at radius 1 is 1.05 bits per heavy atom. The van der Waals surface area contributed by atoms with Crippen LogP contribution >= 0.6 is 0 Å². The maximum atomic E-state index is 11.3. The normalized spacial score (nSPS) is 11.7. The van der Waals surface area contributed by atoms with Gasteiger partial charge in [-0.1, -0.05) is 48.5 Å². The van der Waals surface area contributed by atoms with Crippen LogP contribution in [-0.2, 0) is 9.53 Å². The van der Waals surface area contributed by atoms with Gasteiger partial charge in [-0.3, -0.25) is 4.79 Å². The lowest BCUT2D eigenvalue weighted by molar-refractivity contribution is -0.142. The van der Waals surface area contributed by atoms with Gasteiger partial charge in [0.1, 0.15) is 11.9 Å². The van der Waals surface area contributed by atoms with Gasteiger partial charge in [0.2, 0.25) is 0 Å². The van der Waals surface area contributed by atoms with E-state index in [-0.39, 0.29) is 18.5 Å². The van der Waals surface area contributed by atoms with Crippen molar-refractivity contribution >= 4 is 5.97 Å². The molecule has 0 bridgehead atoms. The molecule has 0 aliphatic rings. The fourth-order valence-electron chi connectivity index (χ4n) is 2.00. The van der Waals surface area contributed by atoms with Crippen molar-refractivity contribution in [2.24, 2.45) is 0 Å². The highest BCUT2D eigenvalue weighted by Crippen LogP contribution is 2.30. The lowest BCUT2D eigenvalue weighted by Gasteiger charge is -2.16. The highest BCUT2D eigenvalue weighted by atomic mass is 16.5. The average Bonchev–Trinajstić information content (AvgIpc) is 2.48. The summed E-state index contributed by atoms with van der Waals surface area (Å²) in [6.45, 7) is 1.86. The number of ether oxygens (including phenoxy) is 2. The minimum Gasteiger partial charge on any atom is -0.489 e. The number of rotatable bonds is 5. The molecule has 104 valence electrons. The van der Waals surface area contributed by atoms with Crippen LogP contribution in [0.15, 0.2) is 54.6 Å². The van der Waals surface area contributed by atoms with Crippen LogP contribution < -0.4 is 4.74 Å². The van der Waals surface area contributed by atoms with E-state index in [1.807, 2.05) is 61.5 Å². The van der Waals surface area contributed by atoms with Crippen LogP contribution in [0.4, 0.5) is 0 Å². The second-order valence-electron chi connectivity index (χ2n) is 4.57. The minimum atomic E-state index is -0.269.